The molecular formula is C22H24N2O7. The second kappa shape index (κ2) is 6.74. The number of phenols is 1. The van der Waals surface area contributed by atoms with Gasteiger partial charge in [0.25, 0.3) is 5.91 Å². The second-order valence-electron chi connectivity index (χ2n) is 8.69. The smallest absolute Gasteiger partial charge is 0.255 e. The Morgan fingerprint density at radius 1 is 1.19 bits per heavy atom. The van der Waals surface area contributed by atoms with Crippen LogP contribution in [0.2, 0.25) is 0 Å². The third-order valence-electron chi connectivity index (χ3n) is 6.84. The number of carbonyl (C=O) groups excluding carboxylic acids is 3. The van der Waals surface area contributed by atoms with Crippen molar-refractivity contribution in [1.29, 1.82) is 0 Å². The first kappa shape index (κ1) is 21.2. The summed E-state index contributed by atoms with van der Waals surface area (Å²) >= 11 is 0. The van der Waals surface area contributed by atoms with Gasteiger partial charge in [-0.1, -0.05) is 19.1 Å². The van der Waals surface area contributed by atoms with E-state index in [4.69, 9.17) is 5.73 Å². The Balaban J connectivity index is 2.00. The standard InChI is InChI=1S/C22H24N2O7/c1-8-9-5-4-6-11(25)13(9)17(26)10-7-22(31)15(18(27)12(8)10)16(24(2)3)19(28)14(20(22)29)21(23)30/h4-8,12,15-16,18,25,27-28,31H,1-3H3,(H2,23,30)/t8-,12+,15+,16-,18-,22+/m0/s1. The molecule has 0 bridgehead atoms. The lowest BCUT2D eigenvalue weighted by Gasteiger charge is -2.52. The number of phenolic OH excluding ortho intramolecular Hbond substituents is 1. The van der Waals surface area contributed by atoms with E-state index in [1.54, 1.807) is 33.2 Å². The van der Waals surface area contributed by atoms with Crippen LogP contribution < -0.4 is 5.73 Å². The van der Waals surface area contributed by atoms with Gasteiger partial charge in [0.05, 0.1) is 17.7 Å². The molecule has 1 aromatic rings. The minimum Gasteiger partial charge on any atom is -0.510 e. The van der Waals surface area contributed by atoms with Crippen LogP contribution in [0.3, 0.4) is 0 Å². The Morgan fingerprint density at radius 3 is 2.42 bits per heavy atom. The molecule has 0 saturated carbocycles. The normalized spacial score (nSPS) is 34.8. The van der Waals surface area contributed by atoms with Crippen LogP contribution in [0.1, 0.15) is 28.8 Å². The molecule has 0 saturated heterocycles. The first-order valence-electron chi connectivity index (χ1n) is 9.87. The molecule has 3 aliphatic carbocycles. The number of aliphatic hydroxyl groups is 3. The molecule has 164 valence electrons. The zero-order valence-electron chi connectivity index (χ0n) is 17.2. The molecule has 0 radical (unpaired) electrons. The number of nitrogens with zero attached hydrogens (tertiary/aromatic N) is 1. The maximum absolute atomic E-state index is 13.3. The zero-order chi connectivity index (χ0) is 23.0. The maximum Gasteiger partial charge on any atom is 0.255 e. The first-order chi connectivity index (χ1) is 14.4. The van der Waals surface area contributed by atoms with Crippen LogP contribution in [-0.2, 0) is 9.59 Å². The van der Waals surface area contributed by atoms with Gasteiger partial charge in [-0.05, 0) is 37.7 Å². The van der Waals surface area contributed by atoms with Crippen molar-refractivity contribution in [3.63, 3.8) is 0 Å². The summed E-state index contributed by atoms with van der Waals surface area (Å²) in [6.45, 7) is 1.77. The number of likely N-dealkylation sites (N-methyl/N-ethyl adjacent to an activating group) is 1. The van der Waals surface area contributed by atoms with E-state index in [0.29, 0.717) is 5.56 Å². The number of amides is 1. The van der Waals surface area contributed by atoms with E-state index < -0.39 is 64.3 Å². The fourth-order valence-corrected chi connectivity index (χ4v) is 5.48. The number of fused-ring (bicyclic) bond motifs is 3. The zero-order valence-corrected chi connectivity index (χ0v) is 17.2. The molecule has 0 spiro atoms. The Morgan fingerprint density at radius 2 is 1.84 bits per heavy atom. The number of primary amides is 1. The van der Waals surface area contributed by atoms with E-state index in [9.17, 15) is 34.8 Å². The van der Waals surface area contributed by atoms with Crippen molar-refractivity contribution in [3.8, 4) is 5.75 Å². The minimum atomic E-state index is -2.45. The van der Waals surface area contributed by atoms with Crippen molar-refractivity contribution in [2.75, 3.05) is 14.1 Å². The number of aliphatic hydroxyl groups excluding tert-OH is 2. The fourth-order valence-electron chi connectivity index (χ4n) is 5.48. The molecular weight excluding hydrogens is 404 g/mol. The Labute approximate surface area is 178 Å². The van der Waals surface area contributed by atoms with Gasteiger partial charge >= 0.3 is 0 Å². The summed E-state index contributed by atoms with van der Waals surface area (Å²) in [5, 5.41) is 43.8. The fraction of sp³-hybridized carbons (Fsp3) is 0.409. The molecule has 0 aliphatic heterocycles. The van der Waals surface area contributed by atoms with E-state index in [-0.39, 0.29) is 16.9 Å². The van der Waals surface area contributed by atoms with Crippen molar-refractivity contribution in [3.05, 3.63) is 52.3 Å². The molecule has 1 aromatic carbocycles. The predicted octanol–water partition coefficient (Wildman–Crippen LogP) is -0.233. The number of carbonyl (C=O) groups is 3. The van der Waals surface area contributed by atoms with Gasteiger partial charge in [-0.2, -0.15) is 0 Å². The predicted molar refractivity (Wildman–Crippen MR) is 108 cm³/mol. The van der Waals surface area contributed by atoms with Crippen LogP contribution in [0.25, 0.3) is 0 Å². The Kier molecular flexibility index (Phi) is 4.62. The lowest BCUT2D eigenvalue weighted by Crippen LogP contribution is -2.66. The van der Waals surface area contributed by atoms with Crippen molar-refractivity contribution < 1.29 is 34.8 Å². The summed E-state index contributed by atoms with van der Waals surface area (Å²) in [7, 11) is 3.12. The largest absolute Gasteiger partial charge is 0.510 e. The summed E-state index contributed by atoms with van der Waals surface area (Å²) in [4.78, 5) is 39.8. The summed E-state index contributed by atoms with van der Waals surface area (Å²) in [6.07, 6.45) is -0.357. The number of Topliss-reactive ketones (excluding diaryl/α,β-unsaturated/α-hetero) is 2. The first-order valence-corrected chi connectivity index (χ1v) is 9.87. The summed E-state index contributed by atoms with van der Waals surface area (Å²) in [5.74, 6) is -6.37. The maximum atomic E-state index is 13.3. The molecule has 4 rings (SSSR count). The summed E-state index contributed by atoms with van der Waals surface area (Å²) in [6, 6.07) is 3.53. The highest BCUT2D eigenvalue weighted by molar-refractivity contribution is 6.24. The Bertz CT molecular complexity index is 1090. The molecule has 3 aliphatic rings. The number of hydrogen-bond acceptors (Lipinski definition) is 8. The molecule has 9 nitrogen and oxygen atoms in total. The molecule has 6 N–H and O–H groups in total. The van der Waals surface area contributed by atoms with Gasteiger partial charge in [-0.15, -0.1) is 0 Å². The van der Waals surface area contributed by atoms with Gasteiger partial charge in [0.15, 0.2) is 11.4 Å². The third kappa shape index (κ3) is 2.63. The molecule has 9 heteroatoms. The highest BCUT2D eigenvalue weighted by Crippen LogP contribution is 2.53. The van der Waals surface area contributed by atoms with Crippen LogP contribution in [0.5, 0.6) is 5.75 Å². The lowest BCUT2D eigenvalue weighted by molar-refractivity contribution is -0.152. The van der Waals surface area contributed by atoms with Crippen molar-refractivity contribution >= 4 is 17.5 Å². The van der Waals surface area contributed by atoms with E-state index in [0.717, 1.165) is 6.08 Å². The van der Waals surface area contributed by atoms with Crippen LogP contribution in [-0.4, -0.2) is 74.6 Å². The van der Waals surface area contributed by atoms with Crippen LogP contribution >= 0.6 is 0 Å². The molecule has 6 atom stereocenters. The number of hydrogen-bond donors (Lipinski definition) is 5. The van der Waals surface area contributed by atoms with Gasteiger partial charge < -0.3 is 26.2 Å². The average molecular weight is 428 g/mol. The second-order valence-corrected chi connectivity index (χ2v) is 8.69. The molecule has 31 heavy (non-hydrogen) atoms. The molecule has 1 amide bonds. The van der Waals surface area contributed by atoms with Crippen molar-refractivity contribution in [1.82, 2.24) is 4.90 Å². The summed E-state index contributed by atoms with van der Waals surface area (Å²) in [5.41, 5.74) is 2.65. The van der Waals surface area contributed by atoms with Crippen LogP contribution in [0.4, 0.5) is 0 Å². The van der Waals surface area contributed by atoms with E-state index in [1.807, 2.05) is 0 Å². The summed E-state index contributed by atoms with van der Waals surface area (Å²) < 4.78 is 0. The number of nitrogens with two attached hydrogens (primary N) is 1. The van der Waals surface area contributed by atoms with E-state index in [1.165, 1.54) is 11.0 Å². The minimum absolute atomic E-state index is 0.0242. The Hall–Kier alpha value is -3.01. The SMILES string of the molecule is C[C@H]1c2cccc(O)c2C(=O)C2=C[C@]3(O)C(=O)C(C(N)=O)=C(O)[C@@H](N(C)C)[C@@H]3[C@@H](O)[C@@H]21. The molecule has 0 heterocycles. The third-order valence-corrected chi connectivity index (χ3v) is 6.84. The van der Waals surface area contributed by atoms with E-state index >= 15 is 0 Å². The average Bonchev–Trinajstić information content (AvgIpc) is 2.67. The van der Waals surface area contributed by atoms with Gasteiger partial charge in [-0.3, -0.25) is 19.3 Å². The van der Waals surface area contributed by atoms with Crippen molar-refractivity contribution in [2.24, 2.45) is 17.6 Å². The monoisotopic (exact) mass is 428 g/mol. The number of rotatable bonds is 2. The van der Waals surface area contributed by atoms with Crippen LogP contribution in [0, 0.1) is 11.8 Å². The molecule has 0 aromatic heterocycles. The van der Waals surface area contributed by atoms with Gasteiger partial charge in [0.1, 0.15) is 17.1 Å². The number of aromatic hydroxyl groups is 1. The molecule has 0 fully saturated rings. The number of benzene rings is 1. The highest BCUT2D eigenvalue weighted by atomic mass is 16.3. The van der Waals surface area contributed by atoms with Gasteiger partial charge in [0.2, 0.25) is 5.78 Å². The lowest BCUT2D eigenvalue weighted by atomic mass is 9.56. The van der Waals surface area contributed by atoms with Gasteiger partial charge in [0, 0.05) is 17.4 Å². The molecule has 0 unspecified atom stereocenters. The highest BCUT2D eigenvalue weighted by Gasteiger charge is 2.63. The van der Waals surface area contributed by atoms with Crippen LogP contribution in [0.15, 0.2) is 41.2 Å². The quantitative estimate of drug-likeness (QED) is 0.404. The van der Waals surface area contributed by atoms with E-state index in [2.05, 4.69) is 0 Å². The topological polar surface area (TPSA) is 161 Å². The number of ketones is 2. The van der Waals surface area contributed by atoms with Gasteiger partial charge in [-0.25, -0.2) is 0 Å². The van der Waals surface area contributed by atoms with Crippen molar-refractivity contribution in [2.45, 2.75) is 30.6 Å².